The number of hydrogen-bond donors (Lipinski definition) is 1. The maximum atomic E-state index is 6.40. The van der Waals surface area contributed by atoms with Crippen molar-refractivity contribution in [2.24, 2.45) is 0 Å². The third-order valence-electron chi connectivity index (χ3n) is 8.16. The van der Waals surface area contributed by atoms with Crippen LogP contribution in [0.15, 0.2) is 143 Å². The summed E-state index contributed by atoms with van der Waals surface area (Å²) in [5.74, 6) is 0. The largest absolute Gasteiger partial charge is 0.455 e. The molecule has 1 atom stereocenters. The lowest BCUT2D eigenvalue weighted by molar-refractivity contribution is 0.589. The summed E-state index contributed by atoms with van der Waals surface area (Å²) in [6.45, 7) is 2.33. The molecule has 1 N–H and O–H groups in total. The van der Waals surface area contributed by atoms with Crippen LogP contribution in [0, 0.1) is 0 Å². The molecule has 1 heterocycles. The normalized spacial score (nSPS) is 19.3. The standard InChI is InChI=1S/C37H31NO/c1-37(28-14-6-3-7-15-28)23-11-16-29(25-37)38-34-22-21-27(24-33(34)26-12-4-2-5-13-26)30-18-10-19-32-31-17-8-9-20-35(31)39-36(30)32/h2-20,24-25,38H,21-23H2,1H3. The number of furan rings is 1. The second-order valence-electron chi connectivity index (χ2n) is 10.8. The van der Waals surface area contributed by atoms with Gasteiger partial charge in [-0.3, -0.25) is 0 Å². The van der Waals surface area contributed by atoms with Crippen molar-refractivity contribution in [3.05, 3.63) is 156 Å². The minimum atomic E-state index is -0.0293. The maximum Gasteiger partial charge on any atom is 0.142 e. The summed E-state index contributed by atoms with van der Waals surface area (Å²) in [5.41, 5.74) is 10.6. The Bertz CT molecular complexity index is 1800. The molecule has 4 aromatic carbocycles. The molecular weight excluding hydrogens is 474 g/mol. The van der Waals surface area contributed by atoms with Gasteiger partial charge in [0.15, 0.2) is 0 Å². The lowest BCUT2D eigenvalue weighted by Gasteiger charge is -2.31. The number of hydrogen-bond acceptors (Lipinski definition) is 2. The molecule has 0 bridgehead atoms. The molecule has 190 valence electrons. The van der Waals surface area contributed by atoms with E-state index in [0.717, 1.165) is 36.1 Å². The van der Waals surface area contributed by atoms with Crippen LogP contribution >= 0.6 is 0 Å². The fourth-order valence-corrected chi connectivity index (χ4v) is 6.10. The zero-order valence-corrected chi connectivity index (χ0v) is 22.2. The highest BCUT2D eigenvalue weighted by atomic mass is 16.3. The first kappa shape index (κ1) is 23.5. The molecular formula is C37H31NO. The van der Waals surface area contributed by atoms with Gasteiger partial charge in [0.25, 0.3) is 0 Å². The number of para-hydroxylation sites is 2. The van der Waals surface area contributed by atoms with E-state index in [1.165, 1.54) is 44.3 Å². The number of nitrogens with one attached hydrogen (secondary N) is 1. The molecule has 7 rings (SSSR count). The van der Waals surface area contributed by atoms with E-state index < -0.39 is 0 Å². The Balaban J connectivity index is 1.32. The fraction of sp³-hybridized carbons (Fsp3) is 0.135. The summed E-state index contributed by atoms with van der Waals surface area (Å²) in [4.78, 5) is 0. The third-order valence-corrected chi connectivity index (χ3v) is 8.16. The maximum absolute atomic E-state index is 6.40. The van der Waals surface area contributed by atoms with E-state index in [0.29, 0.717) is 0 Å². The molecule has 5 aromatic rings. The van der Waals surface area contributed by atoms with E-state index in [-0.39, 0.29) is 5.41 Å². The first-order valence-corrected chi connectivity index (χ1v) is 13.8. The number of fused-ring (bicyclic) bond motifs is 3. The monoisotopic (exact) mass is 505 g/mol. The average Bonchev–Trinajstić information content (AvgIpc) is 3.37. The van der Waals surface area contributed by atoms with Crippen molar-refractivity contribution in [2.75, 3.05) is 0 Å². The Labute approximate surface area is 229 Å². The van der Waals surface area contributed by atoms with Gasteiger partial charge in [-0.25, -0.2) is 0 Å². The van der Waals surface area contributed by atoms with Crippen LogP contribution in [0.1, 0.15) is 42.9 Å². The molecule has 39 heavy (non-hydrogen) atoms. The van der Waals surface area contributed by atoms with E-state index in [1.54, 1.807) is 0 Å². The second kappa shape index (κ2) is 9.63. The van der Waals surface area contributed by atoms with Gasteiger partial charge in [-0.05, 0) is 54.2 Å². The van der Waals surface area contributed by atoms with Crippen molar-refractivity contribution in [2.45, 2.75) is 31.6 Å². The highest BCUT2D eigenvalue weighted by Gasteiger charge is 2.26. The van der Waals surface area contributed by atoms with Crippen LogP contribution in [-0.2, 0) is 5.41 Å². The van der Waals surface area contributed by atoms with Gasteiger partial charge >= 0.3 is 0 Å². The van der Waals surface area contributed by atoms with Crippen molar-refractivity contribution in [3.8, 4) is 0 Å². The van der Waals surface area contributed by atoms with E-state index >= 15 is 0 Å². The van der Waals surface area contributed by atoms with Crippen molar-refractivity contribution in [1.29, 1.82) is 0 Å². The van der Waals surface area contributed by atoms with Crippen molar-refractivity contribution in [1.82, 2.24) is 5.32 Å². The van der Waals surface area contributed by atoms with Gasteiger partial charge < -0.3 is 9.73 Å². The van der Waals surface area contributed by atoms with Crippen molar-refractivity contribution < 1.29 is 4.42 Å². The Morgan fingerprint density at radius 1 is 0.744 bits per heavy atom. The summed E-state index contributed by atoms with van der Waals surface area (Å²) in [6, 6.07) is 36.4. The molecule has 0 saturated carbocycles. The lowest BCUT2D eigenvalue weighted by atomic mass is 9.76. The van der Waals surface area contributed by atoms with Crippen LogP contribution in [-0.4, -0.2) is 0 Å². The molecule has 2 nitrogen and oxygen atoms in total. The Morgan fingerprint density at radius 2 is 1.49 bits per heavy atom. The number of allylic oxidation sites excluding steroid dienone is 7. The molecule has 1 unspecified atom stereocenters. The van der Waals surface area contributed by atoms with Crippen LogP contribution in [0.4, 0.5) is 0 Å². The number of benzene rings is 4. The van der Waals surface area contributed by atoms with Crippen LogP contribution in [0.25, 0.3) is 33.1 Å². The van der Waals surface area contributed by atoms with Crippen LogP contribution in [0.5, 0.6) is 0 Å². The zero-order chi connectivity index (χ0) is 26.2. The third kappa shape index (κ3) is 4.32. The molecule has 0 aliphatic heterocycles. The smallest absolute Gasteiger partial charge is 0.142 e. The first-order valence-electron chi connectivity index (χ1n) is 13.8. The summed E-state index contributed by atoms with van der Waals surface area (Å²) in [7, 11) is 0. The minimum absolute atomic E-state index is 0.0293. The van der Waals surface area contributed by atoms with Crippen molar-refractivity contribution in [3.63, 3.8) is 0 Å². The predicted molar refractivity (Wildman–Crippen MR) is 163 cm³/mol. The quantitative estimate of drug-likeness (QED) is 0.257. The molecule has 2 heteroatoms. The van der Waals surface area contributed by atoms with Gasteiger partial charge in [0.05, 0.1) is 0 Å². The Hall–Kier alpha value is -4.56. The fourth-order valence-electron chi connectivity index (χ4n) is 6.10. The molecule has 0 fully saturated rings. The molecule has 0 amide bonds. The highest BCUT2D eigenvalue weighted by molar-refractivity contribution is 6.08. The van der Waals surface area contributed by atoms with Gasteiger partial charge in [0, 0.05) is 38.7 Å². The summed E-state index contributed by atoms with van der Waals surface area (Å²) < 4.78 is 6.40. The van der Waals surface area contributed by atoms with E-state index in [2.05, 4.69) is 134 Å². The van der Waals surface area contributed by atoms with E-state index in [1.807, 2.05) is 6.07 Å². The lowest BCUT2D eigenvalue weighted by Crippen LogP contribution is -2.25. The van der Waals surface area contributed by atoms with Gasteiger partial charge in [-0.2, -0.15) is 0 Å². The van der Waals surface area contributed by atoms with Crippen LogP contribution < -0.4 is 5.32 Å². The second-order valence-corrected chi connectivity index (χ2v) is 10.8. The minimum Gasteiger partial charge on any atom is -0.455 e. The molecule has 0 spiro atoms. The summed E-state index contributed by atoms with van der Waals surface area (Å²) in [6.07, 6.45) is 12.2. The summed E-state index contributed by atoms with van der Waals surface area (Å²) >= 11 is 0. The molecule has 2 aliphatic rings. The predicted octanol–water partition coefficient (Wildman–Crippen LogP) is 9.57. The van der Waals surface area contributed by atoms with Gasteiger partial charge in [-0.1, -0.05) is 116 Å². The summed E-state index contributed by atoms with van der Waals surface area (Å²) in [5, 5.41) is 6.20. The van der Waals surface area contributed by atoms with Gasteiger partial charge in [0.2, 0.25) is 0 Å². The van der Waals surface area contributed by atoms with E-state index in [4.69, 9.17) is 4.42 Å². The number of rotatable bonds is 5. The Morgan fingerprint density at radius 3 is 2.33 bits per heavy atom. The molecule has 2 aliphatic carbocycles. The molecule has 0 radical (unpaired) electrons. The molecule has 0 saturated heterocycles. The average molecular weight is 506 g/mol. The first-order chi connectivity index (χ1) is 19.2. The zero-order valence-electron chi connectivity index (χ0n) is 22.2. The molecule has 1 aromatic heterocycles. The van der Waals surface area contributed by atoms with E-state index in [9.17, 15) is 0 Å². The Kier molecular flexibility index (Phi) is 5.82. The van der Waals surface area contributed by atoms with Gasteiger partial charge in [0.1, 0.15) is 11.2 Å². The highest BCUT2D eigenvalue weighted by Crippen LogP contribution is 2.40. The topological polar surface area (TPSA) is 25.2 Å². The van der Waals surface area contributed by atoms with Crippen molar-refractivity contribution >= 4 is 33.1 Å². The SMILES string of the molecule is CC1(c2ccccc2)C=C(NC2=C(c3ccccc3)C=C(c3cccc4c3oc3ccccc34)CC2)C=CC1. The van der Waals surface area contributed by atoms with Crippen LogP contribution in [0.3, 0.4) is 0 Å². The van der Waals surface area contributed by atoms with Crippen LogP contribution in [0.2, 0.25) is 0 Å². The van der Waals surface area contributed by atoms with Gasteiger partial charge in [-0.15, -0.1) is 0 Å².